The van der Waals surface area contributed by atoms with Crippen LogP contribution in [0.1, 0.15) is 31.0 Å². The van der Waals surface area contributed by atoms with Crippen LogP contribution < -0.4 is 0 Å². The normalized spacial score (nSPS) is 11.8. The lowest BCUT2D eigenvalue weighted by atomic mass is 10.1. The Balaban J connectivity index is 2.66. The van der Waals surface area contributed by atoms with Crippen LogP contribution in [0.5, 0.6) is 0 Å². The average Bonchev–Trinajstić information content (AvgIpc) is 2.53. The zero-order valence-corrected chi connectivity index (χ0v) is 9.65. The van der Waals surface area contributed by atoms with E-state index >= 15 is 0 Å². The van der Waals surface area contributed by atoms with E-state index in [9.17, 15) is 4.79 Å². The quantitative estimate of drug-likeness (QED) is 0.714. The Morgan fingerprint density at radius 1 is 1.64 bits per heavy atom. The van der Waals surface area contributed by atoms with Gasteiger partial charge in [-0.3, -0.25) is 4.79 Å². The minimum absolute atomic E-state index is 0.195. The number of ketones is 1. The highest BCUT2D eigenvalue weighted by Gasteiger charge is 2.09. The maximum atomic E-state index is 11.7. The fourth-order valence-corrected chi connectivity index (χ4v) is 1.94. The van der Waals surface area contributed by atoms with Crippen molar-refractivity contribution in [2.75, 3.05) is 0 Å². The predicted octanol–water partition coefficient (Wildman–Crippen LogP) is 2.92. The summed E-state index contributed by atoms with van der Waals surface area (Å²) in [5.74, 6) is 0.195. The third-order valence-corrected chi connectivity index (χ3v) is 2.92. The van der Waals surface area contributed by atoms with Gasteiger partial charge >= 0.3 is 0 Å². The largest absolute Gasteiger partial charge is 0.294 e. The number of rotatable bonds is 4. The van der Waals surface area contributed by atoms with E-state index in [1.165, 1.54) is 0 Å². The van der Waals surface area contributed by atoms with Crippen molar-refractivity contribution in [2.45, 2.75) is 33.6 Å². The summed E-state index contributed by atoms with van der Waals surface area (Å²) in [5.41, 5.74) is 1.79. The number of allylic oxidation sites excluding steroid dienone is 2. The average molecular weight is 209 g/mol. The number of thiazole rings is 1. The van der Waals surface area contributed by atoms with Gasteiger partial charge in [0.25, 0.3) is 0 Å². The van der Waals surface area contributed by atoms with Crippen LogP contribution in [-0.4, -0.2) is 10.8 Å². The number of aryl methyl sites for hydroxylation is 1. The summed E-state index contributed by atoms with van der Waals surface area (Å²) < 4.78 is 0. The van der Waals surface area contributed by atoms with Crippen molar-refractivity contribution in [2.24, 2.45) is 0 Å². The van der Waals surface area contributed by atoms with Crippen LogP contribution in [0.15, 0.2) is 17.0 Å². The van der Waals surface area contributed by atoms with E-state index in [4.69, 9.17) is 0 Å². The molecule has 0 bridgehead atoms. The number of hydrogen-bond acceptors (Lipinski definition) is 3. The smallest absolute Gasteiger partial charge is 0.164 e. The van der Waals surface area contributed by atoms with Crippen LogP contribution in [0.4, 0.5) is 0 Å². The summed E-state index contributed by atoms with van der Waals surface area (Å²) in [7, 11) is 0. The van der Waals surface area contributed by atoms with Crippen molar-refractivity contribution >= 4 is 17.1 Å². The number of nitrogens with zero attached hydrogens (tertiary/aromatic N) is 1. The van der Waals surface area contributed by atoms with Gasteiger partial charge < -0.3 is 0 Å². The Hall–Kier alpha value is -0.960. The Morgan fingerprint density at radius 2 is 2.36 bits per heavy atom. The van der Waals surface area contributed by atoms with Gasteiger partial charge in [0.05, 0.1) is 17.1 Å². The zero-order chi connectivity index (χ0) is 10.6. The molecule has 0 spiro atoms. The lowest BCUT2D eigenvalue weighted by Crippen LogP contribution is -2.06. The van der Waals surface area contributed by atoms with Crippen molar-refractivity contribution < 1.29 is 4.79 Å². The third-order valence-electron chi connectivity index (χ3n) is 2.10. The standard InChI is InChI=1S/C11H15NOS/c1-4-9(5-2)11(13)6-10-7-14-8(3)12-10/h4,7H,5-6H2,1-3H3. The van der Waals surface area contributed by atoms with Crippen molar-refractivity contribution in [1.82, 2.24) is 4.98 Å². The minimum Gasteiger partial charge on any atom is -0.294 e. The molecule has 0 aliphatic rings. The van der Waals surface area contributed by atoms with Crippen molar-refractivity contribution in [3.05, 3.63) is 27.7 Å². The fourth-order valence-electron chi connectivity index (χ4n) is 1.33. The summed E-state index contributed by atoms with van der Waals surface area (Å²) in [6, 6.07) is 0. The third kappa shape index (κ3) is 2.77. The van der Waals surface area contributed by atoms with Crippen LogP contribution >= 0.6 is 11.3 Å². The van der Waals surface area contributed by atoms with E-state index in [0.717, 1.165) is 22.7 Å². The van der Waals surface area contributed by atoms with Crippen molar-refractivity contribution in [3.63, 3.8) is 0 Å². The van der Waals surface area contributed by atoms with E-state index in [0.29, 0.717) is 6.42 Å². The van der Waals surface area contributed by atoms with Gasteiger partial charge in [-0.25, -0.2) is 4.98 Å². The maximum absolute atomic E-state index is 11.7. The van der Waals surface area contributed by atoms with E-state index in [1.54, 1.807) is 11.3 Å². The number of hydrogen-bond donors (Lipinski definition) is 0. The second-order valence-corrected chi connectivity index (χ2v) is 4.19. The highest BCUT2D eigenvalue weighted by molar-refractivity contribution is 7.09. The molecule has 14 heavy (non-hydrogen) atoms. The summed E-state index contributed by atoms with van der Waals surface area (Å²) in [5, 5.41) is 2.97. The highest BCUT2D eigenvalue weighted by atomic mass is 32.1. The molecule has 1 rings (SSSR count). The number of aromatic nitrogens is 1. The minimum atomic E-state index is 0.195. The zero-order valence-electron chi connectivity index (χ0n) is 8.83. The first kappa shape index (κ1) is 11.1. The van der Waals surface area contributed by atoms with E-state index < -0.39 is 0 Å². The van der Waals surface area contributed by atoms with Crippen LogP contribution in [0.25, 0.3) is 0 Å². The van der Waals surface area contributed by atoms with E-state index in [1.807, 2.05) is 32.2 Å². The highest BCUT2D eigenvalue weighted by Crippen LogP contribution is 2.12. The van der Waals surface area contributed by atoms with Crippen LogP contribution in [0, 0.1) is 6.92 Å². The molecule has 0 N–H and O–H groups in total. The number of carbonyl (C=O) groups excluding carboxylic acids is 1. The molecule has 0 saturated heterocycles. The molecule has 1 aromatic heterocycles. The molecular formula is C11H15NOS. The second kappa shape index (κ2) is 5.05. The van der Waals surface area contributed by atoms with E-state index in [2.05, 4.69) is 4.98 Å². The Labute approximate surface area is 88.7 Å². The van der Waals surface area contributed by atoms with Gasteiger partial charge in [0.1, 0.15) is 0 Å². The van der Waals surface area contributed by atoms with Gasteiger partial charge in [-0.2, -0.15) is 0 Å². The lowest BCUT2D eigenvalue weighted by Gasteiger charge is -2.00. The maximum Gasteiger partial charge on any atom is 0.164 e. The van der Waals surface area contributed by atoms with Gasteiger partial charge in [0.15, 0.2) is 5.78 Å². The summed E-state index contributed by atoms with van der Waals surface area (Å²) in [4.78, 5) is 16.0. The first-order chi connectivity index (χ1) is 6.67. The molecule has 0 amide bonds. The molecule has 0 fully saturated rings. The van der Waals surface area contributed by atoms with Crippen LogP contribution in [0.3, 0.4) is 0 Å². The Morgan fingerprint density at radius 3 is 2.79 bits per heavy atom. The summed E-state index contributed by atoms with van der Waals surface area (Å²) >= 11 is 1.59. The van der Waals surface area contributed by atoms with Gasteiger partial charge in [-0.05, 0) is 25.8 Å². The molecular weight excluding hydrogens is 194 g/mol. The van der Waals surface area contributed by atoms with Gasteiger partial charge in [0, 0.05) is 5.38 Å². The molecule has 3 heteroatoms. The predicted molar refractivity (Wildman–Crippen MR) is 59.6 cm³/mol. The summed E-state index contributed by atoms with van der Waals surface area (Å²) in [6.07, 6.45) is 3.14. The Kier molecular flexibility index (Phi) is 4.01. The van der Waals surface area contributed by atoms with E-state index in [-0.39, 0.29) is 5.78 Å². The number of Topliss-reactive ketones (excluding diaryl/α,β-unsaturated/α-hetero) is 1. The lowest BCUT2D eigenvalue weighted by molar-refractivity contribution is -0.115. The molecule has 1 heterocycles. The molecule has 0 atom stereocenters. The summed E-state index contributed by atoms with van der Waals surface area (Å²) in [6.45, 7) is 5.86. The SMILES string of the molecule is CC=C(CC)C(=O)Cc1csc(C)n1. The van der Waals surface area contributed by atoms with Crippen molar-refractivity contribution in [3.8, 4) is 0 Å². The molecule has 2 nitrogen and oxygen atoms in total. The molecule has 76 valence electrons. The molecule has 0 radical (unpaired) electrons. The molecule has 0 aromatic carbocycles. The number of carbonyl (C=O) groups is 1. The molecule has 0 saturated carbocycles. The first-order valence-electron chi connectivity index (χ1n) is 4.76. The van der Waals surface area contributed by atoms with Gasteiger partial charge in [-0.1, -0.05) is 13.0 Å². The van der Waals surface area contributed by atoms with Gasteiger partial charge in [0.2, 0.25) is 0 Å². The molecule has 1 aromatic rings. The molecule has 0 aliphatic carbocycles. The Bertz CT molecular complexity index is 352. The van der Waals surface area contributed by atoms with Crippen molar-refractivity contribution in [1.29, 1.82) is 0 Å². The van der Waals surface area contributed by atoms with Gasteiger partial charge in [-0.15, -0.1) is 11.3 Å². The topological polar surface area (TPSA) is 30.0 Å². The van der Waals surface area contributed by atoms with Crippen LogP contribution in [0.2, 0.25) is 0 Å². The second-order valence-electron chi connectivity index (χ2n) is 3.13. The first-order valence-corrected chi connectivity index (χ1v) is 5.64. The van der Waals surface area contributed by atoms with Crippen LogP contribution in [-0.2, 0) is 11.2 Å². The monoisotopic (exact) mass is 209 g/mol. The fraction of sp³-hybridized carbons (Fsp3) is 0.455. The molecule has 0 unspecified atom stereocenters. The molecule has 0 aliphatic heterocycles.